The van der Waals surface area contributed by atoms with E-state index in [1.807, 2.05) is 4.90 Å². The van der Waals surface area contributed by atoms with Gasteiger partial charge in [0.05, 0.1) is 28.3 Å². The standard InChI is InChI=1S/C18H25FN2O6S2/c1-3-27-18(22)21-8-6-20(7-9-21)16-11-28(23,24)12-17(16)29(25,26)14-4-5-15(19)13(2)10-14/h4-5,10,16-17H,3,6-9,11-12H2,1-2H3/t16-,17-/m0/s1. The molecule has 0 aromatic heterocycles. The molecule has 2 aliphatic heterocycles. The minimum absolute atomic E-state index is 0.0753. The summed E-state index contributed by atoms with van der Waals surface area (Å²) in [6.07, 6.45) is -0.433. The second kappa shape index (κ2) is 8.19. The maximum Gasteiger partial charge on any atom is 0.409 e. The Morgan fingerprint density at radius 1 is 1.21 bits per heavy atom. The highest BCUT2D eigenvalue weighted by Crippen LogP contribution is 2.30. The zero-order chi connectivity index (χ0) is 21.4. The maximum absolute atomic E-state index is 13.6. The van der Waals surface area contributed by atoms with E-state index in [-0.39, 0.29) is 22.8 Å². The molecule has 2 saturated heterocycles. The molecule has 162 valence electrons. The molecule has 0 aliphatic carbocycles. The molecule has 0 saturated carbocycles. The Labute approximate surface area is 170 Å². The van der Waals surface area contributed by atoms with Crippen LogP contribution in [0, 0.1) is 12.7 Å². The molecule has 0 N–H and O–H groups in total. The van der Waals surface area contributed by atoms with Crippen molar-refractivity contribution >= 4 is 25.8 Å². The largest absolute Gasteiger partial charge is 0.450 e. The number of benzene rings is 1. The van der Waals surface area contributed by atoms with Crippen molar-refractivity contribution < 1.29 is 30.8 Å². The predicted octanol–water partition coefficient (Wildman–Crippen LogP) is 0.848. The number of halogens is 1. The van der Waals surface area contributed by atoms with Gasteiger partial charge in [0.1, 0.15) is 5.82 Å². The number of carbonyl (C=O) groups is 1. The van der Waals surface area contributed by atoms with Crippen LogP contribution in [0.25, 0.3) is 0 Å². The van der Waals surface area contributed by atoms with Crippen LogP contribution in [-0.2, 0) is 24.4 Å². The number of hydrogen-bond acceptors (Lipinski definition) is 7. The quantitative estimate of drug-likeness (QED) is 0.630. The van der Waals surface area contributed by atoms with Gasteiger partial charge in [0.25, 0.3) is 0 Å². The molecule has 1 aromatic rings. The molecule has 29 heavy (non-hydrogen) atoms. The van der Waals surface area contributed by atoms with Crippen molar-refractivity contribution in [3.8, 4) is 0 Å². The van der Waals surface area contributed by atoms with Crippen LogP contribution in [0.2, 0.25) is 0 Å². The van der Waals surface area contributed by atoms with E-state index >= 15 is 0 Å². The third-order valence-corrected chi connectivity index (χ3v) is 9.55. The van der Waals surface area contributed by atoms with E-state index < -0.39 is 48.6 Å². The topological polar surface area (TPSA) is 101 Å². The minimum Gasteiger partial charge on any atom is -0.450 e. The summed E-state index contributed by atoms with van der Waals surface area (Å²) in [6.45, 7) is 4.81. The second-order valence-electron chi connectivity index (χ2n) is 7.36. The highest BCUT2D eigenvalue weighted by molar-refractivity contribution is 7.96. The number of hydrogen-bond donors (Lipinski definition) is 0. The van der Waals surface area contributed by atoms with Gasteiger partial charge in [-0.1, -0.05) is 0 Å². The Balaban J connectivity index is 1.83. The van der Waals surface area contributed by atoms with Crippen molar-refractivity contribution in [1.29, 1.82) is 0 Å². The van der Waals surface area contributed by atoms with Gasteiger partial charge in [-0.3, -0.25) is 4.90 Å². The molecule has 1 amide bonds. The lowest BCUT2D eigenvalue weighted by molar-refractivity contribution is 0.0700. The SMILES string of the molecule is CCOC(=O)N1CCN([C@H]2CS(=O)(=O)C[C@@H]2S(=O)(=O)c2ccc(F)c(C)c2)CC1. The average Bonchev–Trinajstić information content (AvgIpc) is 3.00. The summed E-state index contributed by atoms with van der Waals surface area (Å²) in [5.74, 6) is -1.24. The molecule has 2 atom stereocenters. The zero-order valence-corrected chi connectivity index (χ0v) is 18.0. The molecule has 2 fully saturated rings. The normalized spacial score (nSPS) is 25.1. The molecule has 0 unspecified atom stereocenters. The van der Waals surface area contributed by atoms with Crippen molar-refractivity contribution in [3.05, 3.63) is 29.6 Å². The van der Waals surface area contributed by atoms with Gasteiger partial charge in [-0.05, 0) is 37.6 Å². The molecule has 3 rings (SSSR count). The van der Waals surface area contributed by atoms with Crippen LogP contribution in [-0.4, -0.2) is 88.3 Å². The number of nitrogens with zero attached hydrogens (tertiary/aromatic N) is 2. The number of aryl methyl sites for hydroxylation is 1. The van der Waals surface area contributed by atoms with E-state index in [1.165, 1.54) is 24.0 Å². The van der Waals surface area contributed by atoms with Crippen molar-refractivity contribution in [2.75, 3.05) is 44.3 Å². The summed E-state index contributed by atoms with van der Waals surface area (Å²) in [4.78, 5) is 15.1. The van der Waals surface area contributed by atoms with Gasteiger partial charge in [0.15, 0.2) is 19.7 Å². The van der Waals surface area contributed by atoms with E-state index in [0.717, 1.165) is 6.07 Å². The van der Waals surface area contributed by atoms with Gasteiger partial charge in [-0.25, -0.2) is 26.0 Å². The van der Waals surface area contributed by atoms with Gasteiger partial charge in [-0.2, -0.15) is 0 Å². The van der Waals surface area contributed by atoms with Crippen molar-refractivity contribution in [2.24, 2.45) is 0 Å². The predicted molar refractivity (Wildman–Crippen MR) is 105 cm³/mol. The second-order valence-corrected chi connectivity index (χ2v) is 11.7. The lowest BCUT2D eigenvalue weighted by Gasteiger charge is -2.38. The number of carbonyl (C=O) groups excluding carboxylic acids is 1. The summed E-state index contributed by atoms with van der Waals surface area (Å²) in [6, 6.07) is 2.79. The number of ether oxygens (including phenoxy) is 1. The Bertz CT molecular complexity index is 988. The van der Waals surface area contributed by atoms with E-state index in [1.54, 1.807) is 6.92 Å². The number of rotatable bonds is 4. The summed E-state index contributed by atoms with van der Waals surface area (Å²) >= 11 is 0. The molecule has 0 spiro atoms. The van der Waals surface area contributed by atoms with Crippen molar-refractivity contribution in [3.63, 3.8) is 0 Å². The Hall–Kier alpha value is -1.72. The fourth-order valence-electron chi connectivity index (χ4n) is 3.85. The molecule has 8 nitrogen and oxygen atoms in total. The average molecular weight is 449 g/mol. The van der Waals surface area contributed by atoms with E-state index in [9.17, 15) is 26.0 Å². The number of piperazine rings is 1. The summed E-state index contributed by atoms with van der Waals surface area (Å²) in [7, 11) is -7.52. The smallest absolute Gasteiger partial charge is 0.409 e. The highest BCUT2D eigenvalue weighted by Gasteiger charge is 2.48. The first kappa shape index (κ1) is 22.0. The van der Waals surface area contributed by atoms with Gasteiger partial charge < -0.3 is 9.64 Å². The third kappa shape index (κ3) is 4.56. The monoisotopic (exact) mass is 448 g/mol. The first-order valence-electron chi connectivity index (χ1n) is 9.41. The fraction of sp³-hybridized carbons (Fsp3) is 0.611. The Kier molecular flexibility index (Phi) is 6.21. The molecule has 2 heterocycles. The van der Waals surface area contributed by atoms with Crippen LogP contribution in [0.15, 0.2) is 23.1 Å². The molecular weight excluding hydrogens is 423 g/mol. The molecule has 2 aliphatic rings. The van der Waals surface area contributed by atoms with Crippen LogP contribution in [0.1, 0.15) is 12.5 Å². The van der Waals surface area contributed by atoms with Gasteiger partial charge in [0, 0.05) is 32.2 Å². The molecule has 0 radical (unpaired) electrons. The molecule has 1 aromatic carbocycles. The van der Waals surface area contributed by atoms with Crippen molar-refractivity contribution in [1.82, 2.24) is 9.80 Å². The molecular formula is C18H25FN2O6S2. The summed E-state index contributed by atoms with van der Waals surface area (Å²) in [5.41, 5.74) is 0.187. The summed E-state index contributed by atoms with van der Waals surface area (Å²) in [5, 5.41) is -1.13. The lowest BCUT2D eigenvalue weighted by atomic mass is 10.2. The van der Waals surface area contributed by atoms with Crippen LogP contribution < -0.4 is 0 Å². The minimum atomic E-state index is -3.98. The lowest BCUT2D eigenvalue weighted by Crippen LogP contribution is -2.55. The van der Waals surface area contributed by atoms with E-state index in [4.69, 9.17) is 4.74 Å². The highest BCUT2D eigenvalue weighted by atomic mass is 32.2. The fourth-order valence-corrected chi connectivity index (χ4v) is 8.77. The van der Waals surface area contributed by atoms with Gasteiger partial charge in [-0.15, -0.1) is 0 Å². The zero-order valence-electron chi connectivity index (χ0n) is 16.4. The number of amides is 1. The molecule has 0 bridgehead atoms. The van der Waals surface area contributed by atoms with Crippen LogP contribution in [0.5, 0.6) is 0 Å². The van der Waals surface area contributed by atoms with Crippen LogP contribution in [0.3, 0.4) is 0 Å². The van der Waals surface area contributed by atoms with Gasteiger partial charge >= 0.3 is 6.09 Å². The van der Waals surface area contributed by atoms with Crippen LogP contribution in [0.4, 0.5) is 9.18 Å². The summed E-state index contributed by atoms with van der Waals surface area (Å²) < 4.78 is 69.6. The molecule has 11 heteroatoms. The van der Waals surface area contributed by atoms with Crippen LogP contribution >= 0.6 is 0 Å². The van der Waals surface area contributed by atoms with E-state index in [2.05, 4.69) is 0 Å². The Morgan fingerprint density at radius 2 is 1.86 bits per heavy atom. The van der Waals surface area contributed by atoms with Crippen molar-refractivity contribution in [2.45, 2.75) is 30.0 Å². The Morgan fingerprint density at radius 3 is 2.45 bits per heavy atom. The first-order chi connectivity index (χ1) is 13.5. The van der Waals surface area contributed by atoms with Gasteiger partial charge in [0.2, 0.25) is 0 Å². The number of sulfone groups is 2. The first-order valence-corrected chi connectivity index (χ1v) is 12.8. The third-order valence-electron chi connectivity index (χ3n) is 5.44. The maximum atomic E-state index is 13.6. The van der Waals surface area contributed by atoms with E-state index in [0.29, 0.717) is 26.2 Å².